The van der Waals surface area contributed by atoms with Crippen molar-refractivity contribution < 1.29 is 19.4 Å². The topological polar surface area (TPSA) is 68.7 Å². The van der Waals surface area contributed by atoms with Crippen molar-refractivity contribution in [2.45, 2.75) is 13.0 Å². The Morgan fingerprint density at radius 2 is 2.40 bits per heavy atom. The fourth-order valence-electron chi connectivity index (χ4n) is 1.14. The van der Waals surface area contributed by atoms with Crippen LogP contribution in [0.2, 0.25) is 0 Å². The molecule has 0 radical (unpaired) electrons. The monoisotopic (exact) mass is 211 g/mol. The second kappa shape index (κ2) is 5.31. The first-order valence-corrected chi connectivity index (χ1v) is 4.48. The average molecular weight is 211 g/mol. The zero-order valence-corrected chi connectivity index (χ0v) is 8.64. The van der Waals surface area contributed by atoms with E-state index < -0.39 is 5.97 Å². The van der Waals surface area contributed by atoms with Crippen LogP contribution in [0.3, 0.4) is 0 Å². The summed E-state index contributed by atoms with van der Waals surface area (Å²) < 4.78 is 10.3. The first-order chi connectivity index (χ1) is 7.15. The molecule has 5 heteroatoms. The van der Waals surface area contributed by atoms with E-state index in [1.165, 1.54) is 18.5 Å². The Kier molecular flexibility index (Phi) is 4.05. The molecule has 0 aliphatic heterocycles. The van der Waals surface area contributed by atoms with Crippen molar-refractivity contribution in [3.8, 4) is 5.75 Å². The quantitative estimate of drug-likeness (QED) is 0.792. The first kappa shape index (κ1) is 11.5. The Hall–Kier alpha value is -1.62. The predicted octanol–water partition coefficient (Wildman–Crippen LogP) is 1.19. The van der Waals surface area contributed by atoms with E-state index in [9.17, 15) is 4.79 Å². The van der Waals surface area contributed by atoms with E-state index in [4.69, 9.17) is 14.6 Å². The highest BCUT2D eigenvalue weighted by molar-refractivity contribution is 5.90. The normalized spacial score (nSPS) is 12.1. The third kappa shape index (κ3) is 3.21. The minimum atomic E-state index is -1.03. The molecule has 1 atom stereocenters. The molecule has 0 amide bonds. The molecule has 15 heavy (non-hydrogen) atoms. The second-order valence-electron chi connectivity index (χ2n) is 3.06. The zero-order chi connectivity index (χ0) is 11.3. The fraction of sp³-hybridized carbons (Fsp3) is 0.400. The van der Waals surface area contributed by atoms with Gasteiger partial charge in [-0.1, -0.05) is 0 Å². The average Bonchev–Trinajstić information content (AvgIpc) is 2.18. The maximum atomic E-state index is 10.8. The van der Waals surface area contributed by atoms with Gasteiger partial charge >= 0.3 is 5.97 Å². The van der Waals surface area contributed by atoms with Crippen LogP contribution in [0.1, 0.15) is 17.3 Å². The van der Waals surface area contributed by atoms with Gasteiger partial charge in [0.15, 0.2) is 5.75 Å². The lowest BCUT2D eigenvalue weighted by Gasteiger charge is -2.14. The summed E-state index contributed by atoms with van der Waals surface area (Å²) in [7, 11) is 1.56. The number of aromatic carboxylic acids is 1. The lowest BCUT2D eigenvalue weighted by molar-refractivity contribution is 0.0673. The molecule has 0 aliphatic carbocycles. The van der Waals surface area contributed by atoms with Crippen molar-refractivity contribution in [2.24, 2.45) is 0 Å². The predicted molar refractivity (Wildman–Crippen MR) is 53.2 cm³/mol. The molecule has 1 N–H and O–H groups in total. The molecule has 0 aliphatic rings. The number of hydrogen-bond donors (Lipinski definition) is 1. The van der Waals surface area contributed by atoms with Crippen LogP contribution in [0.5, 0.6) is 5.75 Å². The molecule has 1 aromatic heterocycles. The molecule has 0 bridgehead atoms. The minimum Gasteiger partial charge on any atom is -0.486 e. The van der Waals surface area contributed by atoms with Gasteiger partial charge in [0.05, 0.1) is 12.8 Å². The second-order valence-corrected chi connectivity index (χ2v) is 3.06. The fourth-order valence-corrected chi connectivity index (χ4v) is 1.14. The molecule has 0 saturated heterocycles. The Morgan fingerprint density at radius 1 is 1.67 bits per heavy atom. The van der Waals surface area contributed by atoms with E-state index in [1.54, 1.807) is 14.0 Å². The molecule has 0 aromatic carbocycles. The maximum Gasteiger partial charge on any atom is 0.339 e. The van der Waals surface area contributed by atoms with E-state index >= 15 is 0 Å². The third-order valence-corrected chi connectivity index (χ3v) is 1.74. The summed E-state index contributed by atoms with van der Waals surface area (Å²) in [5.74, 6) is -0.772. The summed E-state index contributed by atoms with van der Waals surface area (Å²) in [5.41, 5.74) is 0.105. The highest BCUT2D eigenvalue weighted by Gasteiger charge is 2.13. The standard InChI is InChI=1S/C10H13NO4/c1-7(6-14-2)15-9-5-11-4-3-8(9)10(12)13/h3-5,7H,6H2,1-2H3,(H,12,13). The maximum absolute atomic E-state index is 10.8. The van der Waals surface area contributed by atoms with Crippen LogP contribution < -0.4 is 4.74 Å². The Bertz CT molecular complexity index is 340. The van der Waals surface area contributed by atoms with Gasteiger partial charge in [0, 0.05) is 13.3 Å². The number of carbonyl (C=O) groups is 1. The van der Waals surface area contributed by atoms with Crippen LogP contribution in [-0.2, 0) is 4.74 Å². The number of ether oxygens (including phenoxy) is 2. The van der Waals surface area contributed by atoms with Gasteiger partial charge in [-0.3, -0.25) is 4.98 Å². The van der Waals surface area contributed by atoms with Gasteiger partial charge < -0.3 is 14.6 Å². The molecule has 0 fully saturated rings. The summed E-state index contributed by atoms with van der Waals surface area (Å²) in [4.78, 5) is 14.6. The summed E-state index contributed by atoms with van der Waals surface area (Å²) in [5, 5.41) is 8.87. The van der Waals surface area contributed by atoms with Crippen molar-refractivity contribution in [1.29, 1.82) is 0 Å². The molecular formula is C10H13NO4. The van der Waals surface area contributed by atoms with Crippen LogP contribution in [0.25, 0.3) is 0 Å². The van der Waals surface area contributed by atoms with E-state index in [1.807, 2.05) is 0 Å². The largest absolute Gasteiger partial charge is 0.486 e. The summed E-state index contributed by atoms with van der Waals surface area (Å²) in [6, 6.07) is 1.40. The van der Waals surface area contributed by atoms with Crippen molar-refractivity contribution in [3.63, 3.8) is 0 Å². The molecule has 0 saturated carbocycles. The van der Waals surface area contributed by atoms with Crippen molar-refractivity contribution in [3.05, 3.63) is 24.0 Å². The number of aromatic nitrogens is 1. The van der Waals surface area contributed by atoms with E-state index in [0.717, 1.165) is 0 Å². The van der Waals surface area contributed by atoms with Gasteiger partial charge in [0.25, 0.3) is 0 Å². The first-order valence-electron chi connectivity index (χ1n) is 4.48. The van der Waals surface area contributed by atoms with Crippen LogP contribution in [0, 0.1) is 0 Å². The Morgan fingerprint density at radius 3 is 3.00 bits per heavy atom. The van der Waals surface area contributed by atoms with E-state index in [2.05, 4.69) is 4.98 Å². The number of carboxylic acid groups (broad SMARTS) is 1. The molecular weight excluding hydrogens is 198 g/mol. The van der Waals surface area contributed by atoms with E-state index in [0.29, 0.717) is 6.61 Å². The molecule has 1 rings (SSSR count). The lowest BCUT2D eigenvalue weighted by atomic mass is 10.2. The molecule has 0 spiro atoms. The van der Waals surface area contributed by atoms with E-state index in [-0.39, 0.29) is 17.4 Å². The van der Waals surface area contributed by atoms with Gasteiger partial charge in [0.2, 0.25) is 0 Å². The summed E-state index contributed by atoms with van der Waals surface area (Å²) in [6.45, 7) is 2.19. The Balaban J connectivity index is 2.79. The van der Waals surface area contributed by atoms with Crippen LogP contribution in [-0.4, -0.2) is 35.9 Å². The van der Waals surface area contributed by atoms with Crippen molar-refractivity contribution in [2.75, 3.05) is 13.7 Å². The highest BCUT2D eigenvalue weighted by Crippen LogP contribution is 2.17. The molecule has 1 unspecified atom stereocenters. The SMILES string of the molecule is COCC(C)Oc1cnccc1C(=O)O. The minimum absolute atomic E-state index is 0.105. The van der Waals surface area contributed by atoms with Gasteiger partial charge in [-0.15, -0.1) is 0 Å². The van der Waals surface area contributed by atoms with Gasteiger partial charge in [0.1, 0.15) is 11.7 Å². The molecule has 5 nitrogen and oxygen atoms in total. The third-order valence-electron chi connectivity index (χ3n) is 1.74. The Labute approximate surface area is 87.7 Å². The van der Waals surface area contributed by atoms with Gasteiger partial charge in [-0.25, -0.2) is 4.79 Å². The number of rotatable bonds is 5. The molecule has 1 heterocycles. The number of hydrogen-bond acceptors (Lipinski definition) is 4. The van der Waals surface area contributed by atoms with Crippen molar-refractivity contribution >= 4 is 5.97 Å². The van der Waals surface area contributed by atoms with Crippen molar-refractivity contribution in [1.82, 2.24) is 4.98 Å². The smallest absolute Gasteiger partial charge is 0.339 e. The molecule has 1 aromatic rings. The number of methoxy groups -OCH3 is 1. The summed E-state index contributed by atoms with van der Waals surface area (Å²) in [6.07, 6.45) is 2.59. The lowest BCUT2D eigenvalue weighted by Crippen LogP contribution is -2.19. The van der Waals surface area contributed by atoms with Crippen LogP contribution in [0.15, 0.2) is 18.5 Å². The number of nitrogens with zero attached hydrogens (tertiary/aromatic N) is 1. The highest BCUT2D eigenvalue weighted by atomic mass is 16.5. The van der Waals surface area contributed by atoms with Gasteiger partial charge in [-0.05, 0) is 13.0 Å². The van der Waals surface area contributed by atoms with Gasteiger partial charge in [-0.2, -0.15) is 0 Å². The zero-order valence-electron chi connectivity index (χ0n) is 8.64. The number of pyridine rings is 1. The summed E-state index contributed by atoms with van der Waals surface area (Å²) >= 11 is 0. The number of carboxylic acids is 1. The molecule has 82 valence electrons. The van der Waals surface area contributed by atoms with Crippen LogP contribution in [0.4, 0.5) is 0 Å². The van der Waals surface area contributed by atoms with Crippen LogP contribution >= 0.6 is 0 Å².